The molecule has 1 aromatic carbocycles. The number of nitrogens with zero attached hydrogens (tertiary/aromatic N) is 2. The van der Waals surface area contributed by atoms with Gasteiger partial charge in [0.1, 0.15) is 5.76 Å². The Labute approximate surface area is 172 Å². The molecule has 1 amide bonds. The number of hydrogen-bond acceptors (Lipinski definition) is 4. The monoisotopic (exact) mass is 394 g/mol. The van der Waals surface area contributed by atoms with Crippen LogP contribution >= 0.6 is 0 Å². The van der Waals surface area contributed by atoms with Crippen LogP contribution in [0.1, 0.15) is 60.0 Å². The number of carbonyl (C=O) groups is 1. The van der Waals surface area contributed by atoms with Crippen molar-refractivity contribution in [1.82, 2.24) is 9.80 Å². The minimum absolute atomic E-state index is 0.00323. The van der Waals surface area contributed by atoms with Gasteiger partial charge in [0, 0.05) is 30.6 Å². The van der Waals surface area contributed by atoms with Crippen molar-refractivity contribution in [2.24, 2.45) is 5.41 Å². The van der Waals surface area contributed by atoms with Crippen LogP contribution in [-0.2, 0) is 19.5 Å². The molecule has 3 atom stereocenters. The predicted octanol–water partition coefficient (Wildman–Crippen LogP) is 3.60. The van der Waals surface area contributed by atoms with E-state index < -0.39 is 0 Å². The number of hydrogen-bond donors (Lipinski definition) is 1. The van der Waals surface area contributed by atoms with Crippen molar-refractivity contribution in [1.29, 1.82) is 0 Å². The van der Waals surface area contributed by atoms with Crippen molar-refractivity contribution in [2.45, 2.75) is 64.2 Å². The summed E-state index contributed by atoms with van der Waals surface area (Å²) in [6.07, 6.45) is 4.91. The molecule has 2 bridgehead atoms. The molecule has 0 saturated carbocycles. The second-order valence-corrected chi connectivity index (χ2v) is 9.03. The SMILES string of the molecule is CC[C@]1(CO)C[C@H]2CC[C@@H]1N2C(=O)c1ccc(CN2CCc3ccccc3C2)o1. The van der Waals surface area contributed by atoms with Crippen LogP contribution in [0.5, 0.6) is 0 Å². The van der Waals surface area contributed by atoms with Crippen molar-refractivity contribution >= 4 is 5.91 Å². The summed E-state index contributed by atoms with van der Waals surface area (Å²) in [5.41, 5.74) is 2.69. The number of aliphatic hydroxyl groups is 1. The summed E-state index contributed by atoms with van der Waals surface area (Å²) < 4.78 is 6.01. The number of amides is 1. The highest BCUT2D eigenvalue weighted by Gasteiger charge is 2.56. The molecule has 2 fully saturated rings. The molecule has 29 heavy (non-hydrogen) atoms. The lowest BCUT2D eigenvalue weighted by Gasteiger charge is -2.34. The maximum absolute atomic E-state index is 13.2. The second kappa shape index (κ2) is 7.29. The smallest absolute Gasteiger partial charge is 0.290 e. The normalized spacial score (nSPS) is 28.7. The summed E-state index contributed by atoms with van der Waals surface area (Å²) in [7, 11) is 0. The second-order valence-electron chi connectivity index (χ2n) is 9.03. The highest BCUT2D eigenvalue weighted by atomic mass is 16.4. The molecule has 3 aliphatic heterocycles. The Morgan fingerprint density at radius 1 is 1.21 bits per heavy atom. The van der Waals surface area contributed by atoms with Gasteiger partial charge in [-0.15, -0.1) is 0 Å². The van der Waals surface area contributed by atoms with Crippen LogP contribution in [0.2, 0.25) is 0 Å². The summed E-state index contributed by atoms with van der Waals surface area (Å²) in [6.45, 7) is 4.94. The van der Waals surface area contributed by atoms with Gasteiger partial charge < -0.3 is 14.4 Å². The van der Waals surface area contributed by atoms with Gasteiger partial charge in [-0.25, -0.2) is 0 Å². The first kappa shape index (κ1) is 18.9. The Kier molecular flexibility index (Phi) is 4.75. The molecule has 0 aliphatic carbocycles. The first-order valence-corrected chi connectivity index (χ1v) is 10.9. The summed E-state index contributed by atoms with van der Waals surface area (Å²) in [5, 5.41) is 10.00. The predicted molar refractivity (Wildman–Crippen MR) is 110 cm³/mol. The molecule has 0 unspecified atom stereocenters. The largest absolute Gasteiger partial charge is 0.455 e. The fourth-order valence-corrected chi connectivity index (χ4v) is 5.87. The van der Waals surface area contributed by atoms with E-state index >= 15 is 0 Å². The number of carbonyl (C=O) groups excluding carboxylic acids is 1. The van der Waals surface area contributed by atoms with Crippen LogP contribution in [0, 0.1) is 5.41 Å². The van der Waals surface area contributed by atoms with E-state index in [-0.39, 0.29) is 30.0 Å². The average Bonchev–Trinajstić information content (AvgIpc) is 3.47. The Balaban J connectivity index is 1.28. The van der Waals surface area contributed by atoms with Gasteiger partial charge in [0.05, 0.1) is 13.2 Å². The van der Waals surface area contributed by atoms with Gasteiger partial charge in [-0.1, -0.05) is 31.2 Å². The van der Waals surface area contributed by atoms with E-state index in [9.17, 15) is 9.90 Å². The van der Waals surface area contributed by atoms with Crippen LogP contribution in [-0.4, -0.2) is 46.0 Å². The number of benzene rings is 1. The van der Waals surface area contributed by atoms with Crippen molar-refractivity contribution in [3.05, 3.63) is 59.0 Å². The van der Waals surface area contributed by atoms with E-state index in [0.717, 1.165) is 57.5 Å². The summed E-state index contributed by atoms with van der Waals surface area (Å²) in [5.74, 6) is 1.29. The van der Waals surface area contributed by atoms with Crippen molar-refractivity contribution < 1.29 is 14.3 Å². The first-order valence-electron chi connectivity index (χ1n) is 10.9. The Bertz CT molecular complexity index is 901. The lowest BCUT2D eigenvalue weighted by atomic mass is 9.72. The van der Waals surface area contributed by atoms with E-state index in [1.54, 1.807) is 0 Å². The average molecular weight is 395 g/mol. The van der Waals surface area contributed by atoms with Gasteiger partial charge in [0.15, 0.2) is 5.76 Å². The van der Waals surface area contributed by atoms with Crippen LogP contribution < -0.4 is 0 Å². The Hall–Kier alpha value is -2.11. The molecular formula is C24H30N2O3. The quantitative estimate of drug-likeness (QED) is 0.842. The lowest BCUT2D eigenvalue weighted by molar-refractivity contribution is 0.0531. The molecule has 0 radical (unpaired) electrons. The number of fused-ring (bicyclic) bond motifs is 3. The maximum Gasteiger partial charge on any atom is 0.290 e. The summed E-state index contributed by atoms with van der Waals surface area (Å²) in [4.78, 5) is 17.6. The summed E-state index contributed by atoms with van der Waals surface area (Å²) >= 11 is 0. The van der Waals surface area contributed by atoms with Crippen molar-refractivity contribution in [3.8, 4) is 0 Å². The van der Waals surface area contributed by atoms with Gasteiger partial charge in [-0.05, 0) is 55.4 Å². The van der Waals surface area contributed by atoms with E-state index in [4.69, 9.17) is 4.42 Å². The first-order chi connectivity index (χ1) is 14.1. The van der Waals surface area contributed by atoms with Crippen LogP contribution in [0.25, 0.3) is 0 Å². The number of furan rings is 1. The van der Waals surface area contributed by atoms with E-state index in [2.05, 4.69) is 36.1 Å². The third-order valence-electron chi connectivity index (χ3n) is 7.57. The minimum atomic E-state index is -0.130. The molecule has 5 nitrogen and oxygen atoms in total. The van der Waals surface area contributed by atoms with Crippen molar-refractivity contribution in [2.75, 3.05) is 13.2 Å². The molecule has 3 aliphatic rings. The number of rotatable bonds is 5. The fourth-order valence-electron chi connectivity index (χ4n) is 5.87. The zero-order valence-electron chi connectivity index (χ0n) is 17.1. The third-order valence-corrected chi connectivity index (χ3v) is 7.57. The van der Waals surface area contributed by atoms with Crippen LogP contribution in [0.15, 0.2) is 40.8 Å². The molecule has 4 heterocycles. The highest BCUT2D eigenvalue weighted by molar-refractivity contribution is 5.92. The van der Waals surface area contributed by atoms with Gasteiger partial charge in [0.25, 0.3) is 5.91 Å². The zero-order chi connectivity index (χ0) is 20.0. The molecule has 1 aromatic heterocycles. The lowest BCUT2D eigenvalue weighted by Crippen LogP contribution is -2.42. The van der Waals surface area contributed by atoms with Crippen molar-refractivity contribution in [3.63, 3.8) is 0 Å². The minimum Gasteiger partial charge on any atom is -0.455 e. The van der Waals surface area contributed by atoms with E-state index in [0.29, 0.717) is 5.76 Å². The Morgan fingerprint density at radius 2 is 2.03 bits per heavy atom. The molecule has 1 N–H and O–H groups in total. The molecule has 2 aromatic rings. The van der Waals surface area contributed by atoms with Gasteiger partial charge >= 0.3 is 0 Å². The van der Waals surface area contributed by atoms with E-state index in [1.165, 1.54) is 11.1 Å². The van der Waals surface area contributed by atoms with Gasteiger partial charge in [-0.2, -0.15) is 0 Å². The van der Waals surface area contributed by atoms with E-state index in [1.807, 2.05) is 17.0 Å². The third kappa shape index (κ3) is 3.11. The highest BCUT2D eigenvalue weighted by Crippen LogP contribution is 2.51. The maximum atomic E-state index is 13.2. The van der Waals surface area contributed by atoms with Gasteiger partial charge in [0.2, 0.25) is 0 Å². The van der Waals surface area contributed by atoms with Gasteiger partial charge in [-0.3, -0.25) is 9.69 Å². The topological polar surface area (TPSA) is 56.9 Å². The number of aliphatic hydroxyl groups excluding tert-OH is 1. The molecule has 154 valence electrons. The molecule has 5 heteroatoms. The summed E-state index contributed by atoms with van der Waals surface area (Å²) in [6, 6.07) is 12.8. The molecule has 5 rings (SSSR count). The fraction of sp³-hybridized carbons (Fsp3) is 0.542. The van der Waals surface area contributed by atoms with Crippen LogP contribution in [0.4, 0.5) is 0 Å². The molecule has 2 saturated heterocycles. The van der Waals surface area contributed by atoms with Crippen LogP contribution in [0.3, 0.4) is 0 Å². The standard InChI is InChI=1S/C24H30N2O3/c1-2-24(16-27)13-19-7-10-22(24)26(19)23(28)21-9-8-20(29-21)15-25-12-11-17-5-3-4-6-18(17)14-25/h3-6,8-9,19,22,27H,2,7,10-16H2,1H3/t19-,22+,24-/m1/s1. The molecular weight excluding hydrogens is 364 g/mol. The Morgan fingerprint density at radius 3 is 2.79 bits per heavy atom. The zero-order valence-corrected chi connectivity index (χ0v) is 17.1. The molecule has 0 spiro atoms.